The Labute approximate surface area is 177 Å². The van der Waals surface area contributed by atoms with Crippen molar-refractivity contribution < 1.29 is 14.3 Å². The molecule has 2 unspecified atom stereocenters. The Hall–Kier alpha value is -3.08. The number of benzene rings is 2. The Morgan fingerprint density at radius 1 is 0.967 bits per heavy atom. The van der Waals surface area contributed by atoms with E-state index in [9.17, 15) is 9.59 Å². The molecule has 0 bridgehead atoms. The van der Waals surface area contributed by atoms with Crippen molar-refractivity contribution in [1.82, 2.24) is 9.47 Å². The third kappa shape index (κ3) is 4.11. The maximum atomic E-state index is 13.1. The first kappa shape index (κ1) is 20.2. The lowest BCUT2D eigenvalue weighted by atomic mass is 9.97. The van der Waals surface area contributed by atoms with Crippen LogP contribution in [0.2, 0.25) is 0 Å². The minimum atomic E-state index is -0.0963. The van der Waals surface area contributed by atoms with E-state index >= 15 is 0 Å². The number of amides is 1. The van der Waals surface area contributed by atoms with Crippen molar-refractivity contribution in [2.24, 2.45) is 0 Å². The number of rotatable bonds is 6. The van der Waals surface area contributed by atoms with Crippen LogP contribution in [0.25, 0.3) is 10.9 Å². The van der Waals surface area contributed by atoms with E-state index in [2.05, 4.69) is 13.8 Å². The van der Waals surface area contributed by atoms with Crippen LogP contribution in [0, 0.1) is 0 Å². The molecular weight excluding hydrogens is 376 g/mol. The van der Waals surface area contributed by atoms with Crippen molar-refractivity contribution in [3.8, 4) is 5.75 Å². The van der Waals surface area contributed by atoms with E-state index < -0.39 is 0 Å². The first-order valence-electron chi connectivity index (χ1n) is 10.6. The van der Waals surface area contributed by atoms with Crippen LogP contribution in [0.15, 0.2) is 60.8 Å². The molecule has 1 aliphatic heterocycles. The molecule has 1 aromatic heterocycles. The maximum Gasteiger partial charge on any atom is 0.242 e. The van der Waals surface area contributed by atoms with E-state index in [1.807, 2.05) is 64.1 Å². The smallest absolute Gasteiger partial charge is 0.242 e. The second-order valence-corrected chi connectivity index (χ2v) is 8.14. The van der Waals surface area contributed by atoms with Crippen molar-refractivity contribution in [1.29, 1.82) is 0 Å². The summed E-state index contributed by atoms with van der Waals surface area (Å²) in [4.78, 5) is 28.0. The normalized spacial score (nSPS) is 19.1. The van der Waals surface area contributed by atoms with Crippen LogP contribution >= 0.6 is 0 Å². The summed E-state index contributed by atoms with van der Waals surface area (Å²) < 4.78 is 7.56. The van der Waals surface area contributed by atoms with Crippen LogP contribution in [0.5, 0.6) is 5.75 Å². The molecule has 5 heteroatoms. The summed E-state index contributed by atoms with van der Waals surface area (Å²) in [6, 6.07) is 17.6. The molecule has 0 spiro atoms. The highest BCUT2D eigenvalue weighted by Gasteiger charge is 2.29. The number of hydrogen-bond acceptors (Lipinski definition) is 3. The molecule has 1 amide bonds. The Morgan fingerprint density at radius 2 is 1.63 bits per heavy atom. The van der Waals surface area contributed by atoms with Gasteiger partial charge in [-0.25, -0.2) is 0 Å². The molecule has 3 aromatic rings. The van der Waals surface area contributed by atoms with Gasteiger partial charge >= 0.3 is 0 Å². The fourth-order valence-electron chi connectivity index (χ4n) is 4.48. The van der Waals surface area contributed by atoms with Crippen molar-refractivity contribution in [3.05, 3.63) is 66.4 Å². The number of nitrogens with zero attached hydrogens (tertiary/aromatic N) is 2. The summed E-state index contributed by atoms with van der Waals surface area (Å²) in [6.45, 7) is 4.45. The second-order valence-electron chi connectivity index (χ2n) is 8.14. The molecule has 2 aromatic carbocycles. The first-order chi connectivity index (χ1) is 14.5. The average molecular weight is 405 g/mol. The Morgan fingerprint density at radius 3 is 2.37 bits per heavy atom. The summed E-state index contributed by atoms with van der Waals surface area (Å²) in [5, 5.41) is 0.853. The molecule has 1 aliphatic rings. The number of hydrogen-bond donors (Lipinski definition) is 0. The van der Waals surface area contributed by atoms with Gasteiger partial charge in [0.05, 0.1) is 0 Å². The van der Waals surface area contributed by atoms with Crippen LogP contribution in [-0.4, -0.2) is 39.8 Å². The topological polar surface area (TPSA) is 51.5 Å². The van der Waals surface area contributed by atoms with Crippen molar-refractivity contribution in [3.63, 3.8) is 0 Å². The summed E-state index contributed by atoms with van der Waals surface area (Å²) >= 11 is 0. The van der Waals surface area contributed by atoms with Gasteiger partial charge in [-0.05, 0) is 51.3 Å². The quantitative estimate of drug-likeness (QED) is 0.560. The molecule has 0 N–H and O–H groups in total. The third-order valence-corrected chi connectivity index (χ3v) is 5.99. The van der Waals surface area contributed by atoms with Gasteiger partial charge in [-0.15, -0.1) is 0 Å². The number of piperidine rings is 1. The molecule has 0 aliphatic carbocycles. The number of Topliss-reactive ketones (excluding diaryl/α,β-unsaturated/α-hetero) is 1. The first-order valence-corrected chi connectivity index (χ1v) is 10.6. The molecule has 5 nitrogen and oxygen atoms in total. The number of para-hydroxylation sites is 2. The Balaban J connectivity index is 1.56. The van der Waals surface area contributed by atoms with E-state index in [4.69, 9.17) is 4.74 Å². The largest absolute Gasteiger partial charge is 0.485 e. The lowest BCUT2D eigenvalue weighted by Gasteiger charge is -2.39. The van der Waals surface area contributed by atoms with Gasteiger partial charge in [-0.3, -0.25) is 9.59 Å². The van der Waals surface area contributed by atoms with Crippen LogP contribution in [0.4, 0.5) is 0 Å². The second kappa shape index (κ2) is 8.74. The lowest BCUT2D eigenvalue weighted by Crippen LogP contribution is -2.48. The number of ketones is 1. The van der Waals surface area contributed by atoms with E-state index in [1.165, 1.54) is 6.42 Å². The molecular formula is C25H28N2O3. The molecule has 0 saturated carbocycles. The van der Waals surface area contributed by atoms with Crippen LogP contribution < -0.4 is 4.74 Å². The van der Waals surface area contributed by atoms with Gasteiger partial charge in [-0.2, -0.15) is 0 Å². The van der Waals surface area contributed by atoms with Crippen molar-refractivity contribution in [2.75, 3.05) is 6.61 Å². The monoisotopic (exact) mass is 404 g/mol. The Bertz CT molecular complexity index is 1030. The molecule has 0 radical (unpaired) electrons. The highest BCUT2D eigenvalue weighted by atomic mass is 16.5. The zero-order valence-electron chi connectivity index (χ0n) is 17.6. The van der Waals surface area contributed by atoms with Gasteiger partial charge in [0.2, 0.25) is 11.7 Å². The number of fused-ring (bicyclic) bond motifs is 1. The van der Waals surface area contributed by atoms with Crippen molar-refractivity contribution in [2.45, 2.75) is 51.7 Å². The van der Waals surface area contributed by atoms with Gasteiger partial charge in [0, 0.05) is 34.7 Å². The number of aromatic nitrogens is 1. The number of carbonyl (C=O) groups excluding carboxylic acids is 2. The molecule has 156 valence electrons. The van der Waals surface area contributed by atoms with E-state index in [0.717, 1.165) is 23.7 Å². The summed E-state index contributed by atoms with van der Waals surface area (Å²) in [5.41, 5.74) is 1.49. The fraction of sp³-hybridized carbons (Fsp3) is 0.360. The highest BCUT2D eigenvalue weighted by Crippen LogP contribution is 2.25. The highest BCUT2D eigenvalue weighted by molar-refractivity contribution is 6.09. The van der Waals surface area contributed by atoms with Gasteiger partial charge in [-0.1, -0.05) is 36.4 Å². The minimum absolute atomic E-state index is 0.0356. The van der Waals surface area contributed by atoms with Gasteiger partial charge in [0.25, 0.3) is 0 Å². The maximum absolute atomic E-state index is 13.1. The SMILES string of the molecule is CC1CCCC(C)N1C(=O)Cn1cc(C(=O)COc2ccccc2)c2ccccc21. The zero-order chi connectivity index (χ0) is 21.1. The molecule has 1 saturated heterocycles. The van der Waals surface area contributed by atoms with Crippen LogP contribution in [0.1, 0.15) is 43.5 Å². The predicted molar refractivity (Wildman–Crippen MR) is 118 cm³/mol. The zero-order valence-corrected chi connectivity index (χ0v) is 17.6. The third-order valence-electron chi connectivity index (χ3n) is 5.99. The molecule has 2 atom stereocenters. The summed E-state index contributed by atoms with van der Waals surface area (Å²) in [5.74, 6) is 0.675. The number of carbonyl (C=O) groups is 2. The predicted octanol–water partition coefficient (Wildman–Crippen LogP) is 4.69. The summed E-state index contributed by atoms with van der Waals surface area (Å²) in [6.07, 6.45) is 5.06. The van der Waals surface area contributed by atoms with Gasteiger partial charge in [0.15, 0.2) is 6.61 Å². The van der Waals surface area contributed by atoms with Crippen molar-refractivity contribution >= 4 is 22.6 Å². The standard InChI is InChI=1S/C25H28N2O3/c1-18-9-8-10-19(2)27(18)25(29)16-26-15-22(21-13-6-7-14-23(21)26)24(28)17-30-20-11-4-3-5-12-20/h3-7,11-15,18-19H,8-10,16-17H2,1-2H3. The molecule has 30 heavy (non-hydrogen) atoms. The average Bonchev–Trinajstić information content (AvgIpc) is 3.11. The minimum Gasteiger partial charge on any atom is -0.485 e. The number of ether oxygens (including phenoxy) is 1. The molecule has 2 heterocycles. The van der Waals surface area contributed by atoms with Gasteiger partial charge < -0.3 is 14.2 Å². The van der Waals surface area contributed by atoms with E-state index in [0.29, 0.717) is 11.3 Å². The Kier molecular flexibility index (Phi) is 5.88. The van der Waals surface area contributed by atoms with Gasteiger partial charge in [0.1, 0.15) is 12.3 Å². The summed E-state index contributed by atoms with van der Waals surface area (Å²) in [7, 11) is 0. The van der Waals surface area contributed by atoms with E-state index in [1.54, 1.807) is 6.20 Å². The molecule has 1 fully saturated rings. The van der Waals surface area contributed by atoms with Crippen LogP contribution in [0.3, 0.4) is 0 Å². The van der Waals surface area contributed by atoms with E-state index in [-0.39, 0.29) is 36.9 Å². The van der Waals surface area contributed by atoms with Crippen LogP contribution in [-0.2, 0) is 11.3 Å². The fourth-order valence-corrected chi connectivity index (χ4v) is 4.48. The lowest BCUT2D eigenvalue weighted by molar-refractivity contribution is -0.137. The molecule has 4 rings (SSSR count). The number of likely N-dealkylation sites (tertiary alicyclic amines) is 1.